The predicted octanol–water partition coefficient (Wildman–Crippen LogP) is 3.61. The van der Waals surface area contributed by atoms with Crippen LogP contribution in [0.2, 0.25) is 0 Å². The minimum atomic E-state index is -1.78. The second-order valence-electron chi connectivity index (χ2n) is 6.54. The Balaban J connectivity index is 1.49. The fourth-order valence-corrected chi connectivity index (χ4v) is 4.81. The molecule has 0 radical (unpaired) electrons. The zero-order valence-electron chi connectivity index (χ0n) is 14.4. The first-order chi connectivity index (χ1) is 13.0. The highest BCUT2D eigenvalue weighted by molar-refractivity contribution is 7.82. The molecule has 2 aliphatic rings. The van der Waals surface area contributed by atoms with E-state index in [0.717, 1.165) is 29.4 Å². The van der Waals surface area contributed by atoms with Crippen LogP contribution in [0.4, 0.5) is 19.3 Å². The summed E-state index contributed by atoms with van der Waals surface area (Å²) in [7, 11) is -1.78. The number of halogens is 2. The number of ether oxygens (including phenoxy) is 1. The van der Waals surface area contributed by atoms with E-state index in [1.807, 2.05) is 24.3 Å². The first-order valence-electron chi connectivity index (χ1n) is 8.70. The van der Waals surface area contributed by atoms with Crippen molar-refractivity contribution in [3.05, 3.63) is 59.7 Å². The third-order valence-electron chi connectivity index (χ3n) is 4.90. The molecule has 2 aromatic rings. The number of cyclic esters (lactones) is 1. The van der Waals surface area contributed by atoms with Gasteiger partial charge in [0.25, 0.3) is 0 Å². The summed E-state index contributed by atoms with van der Waals surface area (Å²) in [6, 6.07) is 10.4. The van der Waals surface area contributed by atoms with Crippen LogP contribution >= 0.6 is 0 Å². The van der Waals surface area contributed by atoms with Gasteiger partial charge in [0.2, 0.25) is 0 Å². The van der Waals surface area contributed by atoms with E-state index < -0.39 is 22.6 Å². The third-order valence-corrected chi connectivity index (χ3v) is 6.43. The van der Waals surface area contributed by atoms with Gasteiger partial charge in [-0.05, 0) is 37.1 Å². The first-order valence-corrected chi connectivity index (χ1v) is 9.81. The largest absolute Gasteiger partial charge is 0.444 e. The molecule has 1 amide bonds. The van der Waals surface area contributed by atoms with Crippen molar-refractivity contribution in [1.29, 1.82) is 0 Å². The number of amides is 1. The fourth-order valence-electron chi connectivity index (χ4n) is 3.54. The smallest absolute Gasteiger partial charge is 0.414 e. The highest BCUT2D eigenvalue weighted by Crippen LogP contribution is 2.32. The molecule has 0 aliphatic carbocycles. The summed E-state index contributed by atoms with van der Waals surface area (Å²) in [5.41, 5.74) is 1.79. The van der Waals surface area contributed by atoms with Crippen molar-refractivity contribution in [3.8, 4) is 0 Å². The molecule has 0 aromatic heterocycles. The molecular weight excluding hydrogens is 374 g/mol. The molecule has 0 bridgehead atoms. The maximum atomic E-state index is 13.9. The van der Waals surface area contributed by atoms with Crippen molar-refractivity contribution >= 4 is 22.8 Å². The molecule has 2 aromatic carbocycles. The summed E-state index contributed by atoms with van der Waals surface area (Å²) in [5, 5.41) is 0. The van der Waals surface area contributed by atoms with Crippen LogP contribution in [0.1, 0.15) is 18.4 Å². The Bertz CT molecular complexity index is 900. The minimum absolute atomic E-state index is 0.0930. The number of fused-ring (bicyclic) bond motifs is 1. The molecule has 5 nitrogen and oxygen atoms in total. The summed E-state index contributed by atoms with van der Waals surface area (Å²) in [5.74, 6) is -1.31. The Kier molecular flexibility index (Phi) is 4.92. The maximum Gasteiger partial charge on any atom is 0.414 e. The molecule has 1 fully saturated rings. The van der Waals surface area contributed by atoms with Crippen LogP contribution in [0.15, 0.2) is 47.4 Å². The van der Waals surface area contributed by atoms with Crippen LogP contribution < -0.4 is 4.90 Å². The van der Waals surface area contributed by atoms with E-state index in [2.05, 4.69) is 0 Å². The molecule has 0 spiro atoms. The lowest BCUT2D eigenvalue weighted by Gasteiger charge is -2.39. The Morgan fingerprint density at radius 2 is 1.81 bits per heavy atom. The molecule has 0 N–H and O–H groups in total. The van der Waals surface area contributed by atoms with Gasteiger partial charge in [-0.25, -0.2) is 22.1 Å². The Hall–Kier alpha value is -2.32. The van der Waals surface area contributed by atoms with Gasteiger partial charge in [0, 0.05) is 24.7 Å². The summed E-state index contributed by atoms with van der Waals surface area (Å²) in [4.78, 5) is 13.8. The Morgan fingerprint density at radius 3 is 2.59 bits per heavy atom. The third kappa shape index (κ3) is 3.46. The van der Waals surface area contributed by atoms with E-state index in [1.165, 1.54) is 0 Å². The number of rotatable bonds is 3. The lowest BCUT2D eigenvalue weighted by molar-refractivity contribution is 0.136. The number of para-hydroxylation sites is 1. The molecule has 0 saturated carbocycles. The van der Waals surface area contributed by atoms with Crippen molar-refractivity contribution in [2.45, 2.75) is 30.4 Å². The number of hydrogen-bond donors (Lipinski definition) is 0. The quantitative estimate of drug-likeness (QED) is 0.802. The topological polar surface area (TPSA) is 49.9 Å². The number of carbonyl (C=O) groups excluding carboxylic acids is 1. The normalized spacial score (nSPS) is 19.5. The summed E-state index contributed by atoms with van der Waals surface area (Å²) in [6.07, 6.45) is 0.738. The molecule has 8 heteroatoms. The summed E-state index contributed by atoms with van der Waals surface area (Å²) in [6.45, 7) is 1.06. The van der Waals surface area contributed by atoms with Gasteiger partial charge in [-0.1, -0.05) is 18.2 Å². The van der Waals surface area contributed by atoms with Crippen molar-refractivity contribution in [2.75, 3.05) is 18.0 Å². The van der Waals surface area contributed by atoms with Crippen LogP contribution in [0.3, 0.4) is 0 Å². The number of benzene rings is 2. The minimum Gasteiger partial charge on any atom is -0.444 e. The van der Waals surface area contributed by atoms with Crippen LogP contribution in [0.25, 0.3) is 0 Å². The van der Waals surface area contributed by atoms with E-state index in [1.54, 1.807) is 9.21 Å². The molecule has 4 rings (SSSR count). The summed E-state index contributed by atoms with van der Waals surface area (Å²) < 4.78 is 46.8. The van der Waals surface area contributed by atoms with Crippen LogP contribution in [0, 0.1) is 11.6 Å². The van der Waals surface area contributed by atoms with Gasteiger partial charge < -0.3 is 4.74 Å². The summed E-state index contributed by atoms with van der Waals surface area (Å²) >= 11 is 0. The zero-order chi connectivity index (χ0) is 19.0. The molecule has 1 unspecified atom stereocenters. The highest BCUT2D eigenvalue weighted by Gasteiger charge is 2.35. The average molecular weight is 392 g/mol. The van der Waals surface area contributed by atoms with Gasteiger partial charge in [0.05, 0.1) is 10.6 Å². The Labute approximate surface area is 158 Å². The number of carbonyl (C=O) groups is 1. The van der Waals surface area contributed by atoms with Gasteiger partial charge in [0.1, 0.15) is 29.2 Å². The zero-order valence-corrected chi connectivity index (χ0v) is 15.3. The fraction of sp³-hybridized carbons (Fsp3) is 0.316. The molecule has 2 aliphatic heterocycles. The monoisotopic (exact) mass is 392 g/mol. The van der Waals surface area contributed by atoms with Gasteiger partial charge in [-0.2, -0.15) is 0 Å². The first kappa shape index (κ1) is 18.1. The average Bonchev–Trinajstić information content (AvgIpc) is 2.69. The van der Waals surface area contributed by atoms with E-state index >= 15 is 0 Å². The van der Waals surface area contributed by atoms with Crippen molar-refractivity contribution in [1.82, 2.24) is 4.31 Å². The van der Waals surface area contributed by atoms with Gasteiger partial charge in [-0.3, -0.25) is 4.90 Å². The molecule has 1 atom stereocenters. The van der Waals surface area contributed by atoms with Crippen LogP contribution in [-0.2, 0) is 22.3 Å². The number of hydrogen-bond acceptors (Lipinski definition) is 3. The molecule has 1 saturated heterocycles. The van der Waals surface area contributed by atoms with Crippen molar-refractivity contribution < 1.29 is 22.5 Å². The molecular formula is C19H18F2N2O3S. The number of nitrogens with zero attached hydrogens (tertiary/aromatic N) is 2. The van der Waals surface area contributed by atoms with E-state index in [-0.39, 0.29) is 23.6 Å². The van der Waals surface area contributed by atoms with Crippen LogP contribution in [0.5, 0.6) is 0 Å². The highest BCUT2D eigenvalue weighted by atomic mass is 32.2. The van der Waals surface area contributed by atoms with Gasteiger partial charge >= 0.3 is 6.09 Å². The van der Waals surface area contributed by atoms with Gasteiger partial charge in [0.15, 0.2) is 0 Å². The number of piperidine rings is 1. The maximum absolute atomic E-state index is 13.9. The lowest BCUT2D eigenvalue weighted by atomic mass is 10.0. The second-order valence-corrected chi connectivity index (χ2v) is 7.99. The van der Waals surface area contributed by atoms with Crippen LogP contribution in [-0.4, -0.2) is 33.7 Å². The lowest BCUT2D eigenvalue weighted by Crippen LogP contribution is -2.49. The second kappa shape index (κ2) is 7.36. The predicted molar refractivity (Wildman–Crippen MR) is 96.5 cm³/mol. The van der Waals surface area contributed by atoms with E-state index in [9.17, 15) is 17.8 Å². The molecule has 2 heterocycles. The number of anilines is 1. The molecule has 27 heavy (non-hydrogen) atoms. The standard InChI is InChI=1S/C19H18F2N2O3S/c20-14-5-6-16(21)18(11-14)27(25)22-9-7-15(8-10-22)23-17-4-2-1-3-13(17)12-26-19(23)24/h1-6,11,15H,7-10,12H2. The van der Waals surface area contributed by atoms with E-state index in [4.69, 9.17) is 4.74 Å². The van der Waals surface area contributed by atoms with Gasteiger partial charge in [-0.15, -0.1) is 0 Å². The molecule has 142 valence electrons. The van der Waals surface area contributed by atoms with Crippen molar-refractivity contribution in [2.24, 2.45) is 0 Å². The Morgan fingerprint density at radius 1 is 1.07 bits per heavy atom. The van der Waals surface area contributed by atoms with Crippen molar-refractivity contribution in [3.63, 3.8) is 0 Å². The van der Waals surface area contributed by atoms with E-state index in [0.29, 0.717) is 25.9 Å². The SMILES string of the molecule is O=C1OCc2ccccc2N1C1CCN(S(=O)c2cc(F)ccc2F)CC1.